The Morgan fingerprint density at radius 2 is 1.95 bits per heavy atom. The van der Waals surface area contributed by atoms with Crippen LogP contribution in [0.3, 0.4) is 0 Å². The molecule has 0 aromatic heterocycles. The molecule has 2 atom stereocenters. The molecule has 0 spiro atoms. The number of nitrogens with zero attached hydrogens (tertiary/aromatic N) is 2. The van der Waals surface area contributed by atoms with Gasteiger partial charge in [0.25, 0.3) is 0 Å². The first-order valence-electron chi connectivity index (χ1n) is 6.90. The monoisotopic (exact) mass is 373 g/mol. The fourth-order valence-corrected chi connectivity index (χ4v) is 3.14. The summed E-state index contributed by atoms with van der Waals surface area (Å²) in [5, 5.41) is 3.52. The van der Waals surface area contributed by atoms with Gasteiger partial charge in [-0.1, -0.05) is 12.1 Å². The van der Waals surface area contributed by atoms with Gasteiger partial charge in [0, 0.05) is 35.3 Å². The minimum atomic E-state index is 0.507. The molecule has 19 heavy (non-hydrogen) atoms. The van der Waals surface area contributed by atoms with E-state index >= 15 is 0 Å². The van der Waals surface area contributed by atoms with E-state index < -0.39 is 0 Å². The average Bonchev–Trinajstić information content (AvgIpc) is 2.41. The zero-order chi connectivity index (χ0) is 13.8. The molecule has 106 valence electrons. The van der Waals surface area contributed by atoms with Crippen molar-refractivity contribution in [1.82, 2.24) is 15.1 Å². The first kappa shape index (κ1) is 15.2. The maximum atomic E-state index is 3.52. The third kappa shape index (κ3) is 4.15. The molecule has 1 aliphatic heterocycles. The predicted molar refractivity (Wildman–Crippen MR) is 89.6 cm³/mol. The molecule has 1 fully saturated rings. The molecule has 1 heterocycles. The van der Waals surface area contributed by atoms with Crippen LogP contribution in [0.25, 0.3) is 0 Å². The SMILES string of the molecule is CNC(Cc1ccc(I)cc1)C1CN(C)CCN1C. The fraction of sp³-hybridized carbons (Fsp3) is 0.600. The van der Waals surface area contributed by atoms with Crippen molar-refractivity contribution in [2.45, 2.75) is 18.5 Å². The Labute approximate surface area is 130 Å². The molecule has 1 aromatic rings. The summed E-state index contributed by atoms with van der Waals surface area (Å²) in [5.74, 6) is 0. The number of nitrogens with one attached hydrogen (secondary N) is 1. The van der Waals surface area contributed by atoms with Crippen LogP contribution in [0.15, 0.2) is 24.3 Å². The molecular formula is C15H24IN3. The van der Waals surface area contributed by atoms with Gasteiger partial charge in [0.1, 0.15) is 0 Å². The highest BCUT2D eigenvalue weighted by atomic mass is 127. The lowest BCUT2D eigenvalue weighted by Gasteiger charge is -2.42. The Kier molecular flexibility index (Phi) is 5.62. The summed E-state index contributed by atoms with van der Waals surface area (Å²) in [7, 11) is 6.55. The van der Waals surface area contributed by atoms with Gasteiger partial charge in [-0.3, -0.25) is 4.90 Å². The number of benzene rings is 1. The van der Waals surface area contributed by atoms with Gasteiger partial charge >= 0.3 is 0 Å². The molecule has 0 saturated carbocycles. The molecule has 0 amide bonds. The maximum Gasteiger partial charge on any atom is 0.0377 e. The van der Waals surface area contributed by atoms with Crippen molar-refractivity contribution < 1.29 is 0 Å². The molecule has 1 N–H and O–H groups in total. The van der Waals surface area contributed by atoms with Gasteiger partial charge in [-0.2, -0.15) is 0 Å². The molecule has 0 aliphatic carbocycles. The van der Waals surface area contributed by atoms with E-state index in [2.05, 4.69) is 83.1 Å². The molecule has 2 rings (SSSR count). The van der Waals surface area contributed by atoms with Gasteiger partial charge < -0.3 is 10.2 Å². The van der Waals surface area contributed by atoms with E-state index in [4.69, 9.17) is 0 Å². The third-order valence-corrected chi connectivity index (χ3v) is 4.82. The zero-order valence-corrected chi connectivity index (χ0v) is 14.2. The zero-order valence-electron chi connectivity index (χ0n) is 12.1. The van der Waals surface area contributed by atoms with Crippen molar-refractivity contribution in [3.63, 3.8) is 0 Å². The second kappa shape index (κ2) is 7.02. The largest absolute Gasteiger partial charge is 0.315 e. The predicted octanol–water partition coefficient (Wildman–Crippen LogP) is 1.67. The topological polar surface area (TPSA) is 18.5 Å². The molecule has 1 aliphatic rings. The second-order valence-electron chi connectivity index (χ2n) is 5.54. The van der Waals surface area contributed by atoms with Crippen LogP contribution in [0, 0.1) is 3.57 Å². The molecule has 0 radical (unpaired) electrons. The summed E-state index contributed by atoms with van der Waals surface area (Å²) in [4.78, 5) is 4.93. The molecule has 1 aromatic carbocycles. The molecule has 0 bridgehead atoms. The van der Waals surface area contributed by atoms with Crippen molar-refractivity contribution in [3.05, 3.63) is 33.4 Å². The Hall–Kier alpha value is -0.170. The van der Waals surface area contributed by atoms with Crippen LogP contribution in [-0.2, 0) is 6.42 Å². The van der Waals surface area contributed by atoms with Crippen molar-refractivity contribution in [3.8, 4) is 0 Å². The van der Waals surface area contributed by atoms with Gasteiger partial charge in [-0.25, -0.2) is 0 Å². The van der Waals surface area contributed by atoms with Gasteiger partial charge in [-0.15, -0.1) is 0 Å². The summed E-state index contributed by atoms with van der Waals surface area (Å²) < 4.78 is 1.30. The Balaban J connectivity index is 2.04. The van der Waals surface area contributed by atoms with Crippen LogP contribution in [0.5, 0.6) is 0 Å². The minimum absolute atomic E-state index is 0.507. The van der Waals surface area contributed by atoms with E-state index in [-0.39, 0.29) is 0 Å². The summed E-state index contributed by atoms with van der Waals surface area (Å²) in [6.45, 7) is 3.48. The van der Waals surface area contributed by atoms with Crippen LogP contribution in [0.4, 0.5) is 0 Å². The second-order valence-corrected chi connectivity index (χ2v) is 6.78. The van der Waals surface area contributed by atoms with Crippen molar-refractivity contribution >= 4 is 22.6 Å². The van der Waals surface area contributed by atoms with Crippen molar-refractivity contribution in [2.24, 2.45) is 0 Å². The number of rotatable bonds is 4. The number of hydrogen-bond donors (Lipinski definition) is 1. The molecule has 2 unspecified atom stereocenters. The summed E-state index contributed by atoms with van der Waals surface area (Å²) in [6.07, 6.45) is 1.09. The van der Waals surface area contributed by atoms with E-state index in [1.165, 1.54) is 15.7 Å². The van der Waals surface area contributed by atoms with Crippen LogP contribution < -0.4 is 5.32 Å². The number of likely N-dealkylation sites (N-methyl/N-ethyl adjacent to an activating group) is 3. The number of halogens is 1. The maximum absolute atomic E-state index is 3.52. The Bertz CT molecular complexity index is 393. The summed E-state index contributed by atoms with van der Waals surface area (Å²) >= 11 is 2.36. The minimum Gasteiger partial charge on any atom is -0.315 e. The molecule has 3 nitrogen and oxygen atoms in total. The van der Waals surface area contributed by atoms with Gasteiger partial charge in [0.05, 0.1) is 0 Å². The van der Waals surface area contributed by atoms with Gasteiger partial charge in [-0.05, 0) is 67.9 Å². The first-order valence-corrected chi connectivity index (χ1v) is 7.98. The standard InChI is InChI=1S/C15H24IN3/c1-17-14(10-12-4-6-13(16)7-5-12)15-11-18(2)8-9-19(15)3/h4-7,14-15,17H,8-11H2,1-3H3. The Morgan fingerprint density at radius 1 is 1.26 bits per heavy atom. The smallest absolute Gasteiger partial charge is 0.0377 e. The molecule has 1 saturated heterocycles. The van der Waals surface area contributed by atoms with E-state index in [1.807, 2.05) is 0 Å². The lowest BCUT2D eigenvalue weighted by Crippen LogP contribution is -2.58. The average molecular weight is 373 g/mol. The fourth-order valence-electron chi connectivity index (χ4n) is 2.78. The summed E-state index contributed by atoms with van der Waals surface area (Å²) in [5.41, 5.74) is 1.42. The van der Waals surface area contributed by atoms with Crippen LogP contribution >= 0.6 is 22.6 Å². The lowest BCUT2D eigenvalue weighted by molar-refractivity contribution is 0.0897. The van der Waals surface area contributed by atoms with Crippen LogP contribution in [-0.4, -0.2) is 62.7 Å². The van der Waals surface area contributed by atoms with Crippen molar-refractivity contribution in [1.29, 1.82) is 0 Å². The highest BCUT2D eigenvalue weighted by molar-refractivity contribution is 14.1. The quantitative estimate of drug-likeness (QED) is 0.811. The number of hydrogen-bond acceptors (Lipinski definition) is 3. The van der Waals surface area contributed by atoms with Gasteiger partial charge in [0.2, 0.25) is 0 Å². The van der Waals surface area contributed by atoms with Crippen molar-refractivity contribution in [2.75, 3.05) is 40.8 Å². The third-order valence-electron chi connectivity index (χ3n) is 4.10. The lowest BCUT2D eigenvalue weighted by atomic mass is 9.97. The van der Waals surface area contributed by atoms with Gasteiger partial charge in [0.15, 0.2) is 0 Å². The molecular weight excluding hydrogens is 349 g/mol. The summed E-state index contributed by atoms with van der Waals surface area (Å²) in [6, 6.07) is 9.98. The van der Waals surface area contributed by atoms with E-state index in [0.29, 0.717) is 12.1 Å². The number of piperazine rings is 1. The Morgan fingerprint density at radius 3 is 2.58 bits per heavy atom. The molecule has 4 heteroatoms. The van der Waals surface area contributed by atoms with E-state index in [0.717, 1.165) is 19.5 Å². The van der Waals surface area contributed by atoms with Crippen LogP contribution in [0.2, 0.25) is 0 Å². The van der Waals surface area contributed by atoms with Crippen LogP contribution in [0.1, 0.15) is 5.56 Å². The normalized spacial score (nSPS) is 23.5. The highest BCUT2D eigenvalue weighted by Crippen LogP contribution is 2.15. The highest BCUT2D eigenvalue weighted by Gasteiger charge is 2.28. The van der Waals surface area contributed by atoms with E-state index in [1.54, 1.807) is 0 Å². The first-order chi connectivity index (χ1) is 9.10. The van der Waals surface area contributed by atoms with E-state index in [9.17, 15) is 0 Å².